The number of fused-ring (bicyclic) bond motifs is 1. The minimum Gasteiger partial charge on any atom is -0.446 e. The van der Waals surface area contributed by atoms with Crippen molar-refractivity contribution in [3.05, 3.63) is 71.3 Å². The number of ether oxygens (including phenoxy) is 2. The number of hydrogen-bond donors (Lipinski definition) is 1. The molecule has 164 valence electrons. The maximum absolute atomic E-state index is 13.1. The van der Waals surface area contributed by atoms with Crippen LogP contribution in [-0.4, -0.2) is 41.4 Å². The van der Waals surface area contributed by atoms with Gasteiger partial charge in [-0.05, 0) is 43.9 Å². The van der Waals surface area contributed by atoms with Gasteiger partial charge in [-0.3, -0.25) is 4.90 Å². The molecular weight excluding hydrogens is 392 g/mol. The van der Waals surface area contributed by atoms with E-state index in [1.54, 1.807) is 0 Å². The lowest BCUT2D eigenvalue weighted by atomic mass is 9.88. The fraction of sp³-hybridized carbons (Fsp3) is 0.440. The third-order valence-corrected chi connectivity index (χ3v) is 5.72. The molecule has 2 aliphatic rings. The summed E-state index contributed by atoms with van der Waals surface area (Å²) >= 11 is 0. The van der Waals surface area contributed by atoms with E-state index in [4.69, 9.17) is 9.47 Å². The molecule has 0 bridgehead atoms. The summed E-state index contributed by atoms with van der Waals surface area (Å²) in [6.45, 7) is 6.11. The Morgan fingerprint density at radius 3 is 2.39 bits per heavy atom. The monoisotopic (exact) mass is 422 g/mol. The molecule has 0 spiro atoms. The molecule has 1 aliphatic heterocycles. The van der Waals surface area contributed by atoms with E-state index in [9.17, 15) is 9.59 Å². The number of nitrogens with zero attached hydrogens (tertiary/aromatic N) is 1. The second kappa shape index (κ2) is 8.61. The summed E-state index contributed by atoms with van der Waals surface area (Å²) in [6, 6.07) is 18.2. The molecule has 1 aliphatic carbocycles. The van der Waals surface area contributed by atoms with Gasteiger partial charge in [-0.25, -0.2) is 9.59 Å². The number of nitrogens with one attached hydrogen (secondary N) is 1. The summed E-state index contributed by atoms with van der Waals surface area (Å²) in [5.74, 6) is 0. The van der Waals surface area contributed by atoms with Crippen molar-refractivity contribution >= 4 is 12.2 Å². The van der Waals surface area contributed by atoms with Crippen LogP contribution in [0.4, 0.5) is 9.59 Å². The van der Waals surface area contributed by atoms with Crippen molar-refractivity contribution in [3.63, 3.8) is 0 Å². The van der Waals surface area contributed by atoms with Crippen molar-refractivity contribution in [2.24, 2.45) is 0 Å². The highest BCUT2D eigenvalue weighted by Gasteiger charge is 2.38. The molecule has 1 fully saturated rings. The van der Waals surface area contributed by atoms with Gasteiger partial charge in [0.2, 0.25) is 0 Å². The molecule has 2 amide bonds. The molecular formula is C25H30N2O4. The first-order chi connectivity index (χ1) is 14.8. The van der Waals surface area contributed by atoms with Gasteiger partial charge >= 0.3 is 12.2 Å². The first-order valence-electron chi connectivity index (χ1n) is 10.9. The number of amides is 2. The number of carbonyl (C=O) groups excluding carboxylic acids is 2. The van der Waals surface area contributed by atoms with Crippen molar-refractivity contribution in [1.82, 2.24) is 10.2 Å². The van der Waals surface area contributed by atoms with Gasteiger partial charge in [0, 0.05) is 25.4 Å². The van der Waals surface area contributed by atoms with Crippen molar-refractivity contribution in [3.8, 4) is 0 Å². The van der Waals surface area contributed by atoms with Gasteiger partial charge in [0.25, 0.3) is 0 Å². The summed E-state index contributed by atoms with van der Waals surface area (Å²) in [4.78, 5) is 26.8. The quantitative estimate of drug-likeness (QED) is 0.770. The fourth-order valence-electron chi connectivity index (χ4n) is 4.22. The Morgan fingerprint density at radius 1 is 1.00 bits per heavy atom. The van der Waals surface area contributed by atoms with Crippen molar-refractivity contribution < 1.29 is 19.1 Å². The van der Waals surface area contributed by atoms with Crippen LogP contribution in [0.5, 0.6) is 0 Å². The highest BCUT2D eigenvalue weighted by molar-refractivity contribution is 5.71. The molecule has 1 saturated carbocycles. The summed E-state index contributed by atoms with van der Waals surface area (Å²) < 4.78 is 11.1. The van der Waals surface area contributed by atoms with Gasteiger partial charge in [-0.1, -0.05) is 54.6 Å². The zero-order valence-corrected chi connectivity index (χ0v) is 18.3. The maximum Gasteiger partial charge on any atom is 0.410 e. The lowest BCUT2D eigenvalue weighted by molar-refractivity contribution is 0.0000831. The van der Waals surface area contributed by atoms with Crippen LogP contribution in [0.25, 0.3) is 0 Å². The van der Waals surface area contributed by atoms with Crippen LogP contribution in [0.2, 0.25) is 0 Å². The van der Waals surface area contributed by atoms with Gasteiger partial charge < -0.3 is 14.8 Å². The number of rotatable bonds is 3. The Kier molecular flexibility index (Phi) is 5.90. The van der Waals surface area contributed by atoms with Crippen LogP contribution in [0, 0.1) is 0 Å². The van der Waals surface area contributed by atoms with Crippen molar-refractivity contribution in [2.75, 3.05) is 6.54 Å². The molecule has 1 atom stereocenters. The average molecular weight is 423 g/mol. The summed E-state index contributed by atoms with van der Waals surface area (Å²) in [6.07, 6.45) is 1.09. The lowest BCUT2D eigenvalue weighted by Gasteiger charge is -2.40. The molecule has 0 saturated heterocycles. The molecule has 4 rings (SSSR count). The first kappa shape index (κ1) is 21.2. The normalized spacial score (nSPS) is 22.7. The number of benzene rings is 2. The maximum atomic E-state index is 13.1. The minimum atomic E-state index is -0.531. The Morgan fingerprint density at radius 2 is 1.68 bits per heavy atom. The molecule has 0 aromatic heterocycles. The molecule has 1 heterocycles. The van der Waals surface area contributed by atoms with Crippen LogP contribution in [0.15, 0.2) is 54.6 Å². The predicted molar refractivity (Wildman–Crippen MR) is 118 cm³/mol. The molecule has 1 N–H and O–H groups in total. The third-order valence-electron chi connectivity index (χ3n) is 5.72. The van der Waals surface area contributed by atoms with E-state index in [1.165, 1.54) is 5.56 Å². The average Bonchev–Trinajstić information content (AvgIpc) is 2.70. The second-order valence-electron chi connectivity index (χ2n) is 9.28. The van der Waals surface area contributed by atoms with Crippen LogP contribution < -0.4 is 5.32 Å². The van der Waals surface area contributed by atoms with E-state index >= 15 is 0 Å². The lowest BCUT2D eigenvalue weighted by Crippen LogP contribution is -2.51. The molecule has 6 heteroatoms. The van der Waals surface area contributed by atoms with Crippen LogP contribution in [-0.2, 0) is 15.9 Å². The van der Waals surface area contributed by atoms with Gasteiger partial charge in [0.15, 0.2) is 0 Å². The fourth-order valence-corrected chi connectivity index (χ4v) is 4.22. The Labute approximate surface area is 183 Å². The molecule has 31 heavy (non-hydrogen) atoms. The van der Waals surface area contributed by atoms with Gasteiger partial charge in [-0.15, -0.1) is 0 Å². The van der Waals surface area contributed by atoms with Crippen molar-refractivity contribution in [1.29, 1.82) is 0 Å². The minimum absolute atomic E-state index is 0.0281. The molecule has 2 aromatic carbocycles. The van der Waals surface area contributed by atoms with E-state index in [0.29, 0.717) is 19.4 Å². The Hall–Kier alpha value is -3.02. The number of hydrogen-bond acceptors (Lipinski definition) is 4. The predicted octanol–water partition coefficient (Wildman–Crippen LogP) is 4.83. The Bertz CT molecular complexity index is 932. The van der Waals surface area contributed by atoms with Crippen LogP contribution in [0.3, 0.4) is 0 Å². The zero-order chi connectivity index (χ0) is 22.0. The third kappa shape index (κ3) is 5.01. The van der Waals surface area contributed by atoms with Crippen LogP contribution in [0.1, 0.15) is 56.3 Å². The number of alkyl carbamates (subject to hydrolysis) is 1. The van der Waals surface area contributed by atoms with E-state index < -0.39 is 11.7 Å². The highest BCUT2D eigenvalue weighted by Crippen LogP contribution is 2.36. The summed E-state index contributed by atoms with van der Waals surface area (Å²) in [5, 5.41) is 2.84. The second-order valence-corrected chi connectivity index (χ2v) is 9.28. The van der Waals surface area contributed by atoms with Crippen LogP contribution >= 0.6 is 0 Å². The van der Waals surface area contributed by atoms with Crippen molar-refractivity contribution in [2.45, 2.75) is 63.8 Å². The summed E-state index contributed by atoms with van der Waals surface area (Å²) in [5.41, 5.74) is 2.96. The molecule has 0 unspecified atom stereocenters. The topological polar surface area (TPSA) is 67.9 Å². The molecule has 0 radical (unpaired) electrons. The number of carbonyl (C=O) groups is 2. The van der Waals surface area contributed by atoms with E-state index in [1.807, 2.05) is 56.0 Å². The van der Waals surface area contributed by atoms with E-state index in [-0.39, 0.29) is 24.3 Å². The summed E-state index contributed by atoms with van der Waals surface area (Å²) in [7, 11) is 0. The SMILES string of the molecule is CC(C)(C)OC(=O)NC1CC(OC(=O)N2CCc3ccccc3[C@@H]2c2ccccc2)C1. The Balaban J connectivity index is 1.39. The van der Waals surface area contributed by atoms with Gasteiger partial charge in [0.1, 0.15) is 11.7 Å². The van der Waals surface area contributed by atoms with Gasteiger partial charge in [0.05, 0.1) is 6.04 Å². The van der Waals surface area contributed by atoms with E-state index in [2.05, 4.69) is 29.6 Å². The largest absolute Gasteiger partial charge is 0.446 e. The first-order valence-corrected chi connectivity index (χ1v) is 10.9. The highest BCUT2D eigenvalue weighted by atomic mass is 16.6. The smallest absolute Gasteiger partial charge is 0.410 e. The van der Waals surface area contributed by atoms with Gasteiger partial charge in [-0.2, -0.15) is 0 Å². The molecule has 2 aromatic rings. The molecule has 6 nitrogen and oxygen atoms in total. The zero-order valence-electron chi connectivity index (χ0n) is 18.3. The van der Waals surface area contributed by atoms with E-state index in [0.717, 1.165) is 17.5 Å². The standard InChI is InChI=1S/C25H30N2O4/c1-25(2,3)31-23(28)26-19-15-20(16-19)30-24(29)27-14-13-17-9-7-8-12-21(17)22(27)18-10-5-4-6-11-18/h4-12,19-20,22H,13-16H2,1-3H3,(H,26,28)/t19?,20?,22-/m0/s1.